The van der Waals surface area contributed by atoms with E-state index in [9.17, 15) is 9.59 Å². The fourth-order valence-electron chi connectivity index (χ4n) is 2.69. The number of methoxy groups -OCH3 is 1. The Hall–Kier alpha value is -2.99. The number of hydrogen-bond donors (Lipinski definition) is 2. The van der Waals surface area contributed by atoms with Gasteiger partial charge in [-0.25, -0.2) is 0 Å². The van der Waals surface area contributed by atoms with Gasteiger partial charge in [-0.2, -0.15) is 0 Å². The Bertz CT molecular complexity index is 910. The van der Waals surface area contributed by atoms with Crippen LogP contribution in [-0.4, -0.2) is 32.6 Å². The molecule has 0 saturated heterocycles. The van der Waals surface area contributed by atoms with Crippen molar-refractivity contribution in [2.45, 2.75) is 13.8 Å². The topological polar surface area (TPSA) is 76.7 Å². The highest BCUT2D eigenvalue weighted by molar-refractivity contribution is 6.32. The van der Waals surface area contributed by atoms with Crippen LogP contribution in [0.4, 0.5) is 5.69 Å². The molecule has 0 aliphatic rings. The largest absolute Gasteiger partial charge is 0.491 e. The Morgan fingerprint density at radius 3 is 2.64 bits per heavy atom. The van der Waals surface area contributed by atoms with E-state index < -0.39 is 0 Å². The number of benzene rings is 2. The maximum absolute atomic E-state index is 12.4. The molecule has 2 aromatic carbocycles. The maximum Gasteiger partial charge on any atom is 0.253 e. The monoisotopic (exact) mass is 402 g/mol. The van der Waals surface area contributed by atoms with Crippen LogP contribution in [0.2, 0.25) is 5.02 Å². The average molecular weight is 403 g/mol. The van der Waals surface area contributed by atoms with Gasteiger partial charge in [-0.15, -0.1) is 0 Å². The highest BCUT2D eigenvalue weighted by Crippen LogP contribution is 2.36. The average Bonchev–Trinajstić information content (AvgIpc) is 2.66. The van der Waals surface area contributed by atoms with E-state index in [1.54, 1.807) is 37.4 Å². The fourth-order valence-corrected chi connectivity index (χ4v) is 2.99. The van der Waals surface area contributed by atoms with E-state index in [0.29, 0.717) is 39.9 Å². The summed E-state index contributed by atoms with van der Waals surface area (Å²) >= 11 is 6.22. The maximum atomic E-state index is 12.4. The van der Waals surface area contributed by atoms with Gasteiger partial charge >= 0.3 is 0 Å². The lowest BCUT2D eigenvalue weighted by molar-refractivity contribution is -0.111. The Morgan fingerprint density at radius 1 is 1.25 bits per heavy atom. The molecular formula is C21H23ClN2O4. The van der Waals surface area contributed by atoms with Gasteiger partial charge in [-0.05, 0) is 49.2 Å². The first kappa shape index (κ1) is 21.3. The van der Waals surface area contributed by atoms with Crippen LogP contribution in [0.25, 0.3) is 6.08 Å². The van der Waals surface area contributed by atoms with Crippen molar-refractivity contribution in [2.24, 2.45) is 0 Å². The lowest BCUT2D eigenvalue weighted by Crippen LogP contribution is -2.22. The number of carbonyl (C=O) groups is 2. The Balaban J connectivity index is 2.24. The Kier molecular flexibility index (Phi) is 7.46. The van der Waals surface area contributed by atoms with Crippen molar-refractivity contribution in [2.75, 3.05) is 26.1 Å². The van der Waals surface area contributed by atoms with Crippen molar-refractivity contribution >= 4 is 35.2 Å². The van der Waals surface area contributed by atoms with Gasteiger partial charge in [0.15, 0.2) is 11.5 Å². The Morgan fingerprint density at radius 2 is 2.00 bits per heavy atom. The standard InChI is InChI=1S/C21H23ClN2O4/c1-5-28-17-12-14(11-15(22)20(17)27-4)9-10-18(25)24-16-8-6-7-13(2)19(16)21(26)23-3/h6-12H,5H2,1-4H3,(H,23,26)(H,24,25)/b10-9+. The van der Waals surface area contributed by atoms with Gasteiger partial charge in [0.05, 0.1) is 30.0 Å². The van der Waals surface area contributed by atoms with Gasteiger partial charge in [0.2, 0.25) is 5.91 Å². The number of amides is 2. The third-order valence-corrected chi connectivity index (χ3v) is 4.23. The van der Waals surface area contributed by atoms with E-state index in [4.69, 9.17) is 21.1 Å². The number of anilines is 1. The van der Waals surface area contributed by atoms with Gasteiger partial charge < -0.3 is 20.1 Å². The first-order valence-electron chi connectivity index (χ1n) is 8.72. The zero-order chi connectivity index (χ0) is 20.7. The predicted molar refractivity (Wildman–Crippen MR) is 111 cm³/mol. The van der Waals surface area contributed by atoms with Crippen molar-refractivity contribution in [1.82, 2.24) is 5.32 Å². The molecule has 0 radical (unpaired) electrons. The number of aryl methyl sites for hydroxylation is 1. The minimum Gasteiger partial charge on any atom is -0.491 e. The highest BCUT2D eigenvalue weighted by atomic mass is 35.5. The van der Waals surface area contributed by atoms with Crippen molar-refractivity contribution in [3.8, 4) is 11.5 Å². The molecular weight excluding hydrogens is 380 g/mol. The molecule has 7 heteroatoms. The molecule has 2 amide bonds. The summed E-state index contributed by atoms with van der Waals surface area (Å²) in [6.07, 6.45) is 2.97. The molecule has 6 nitrogen and oxygen atoms in total. The van der Waals surface area contributed by atoms with Crippen LogP contribution in [0, 0.1) is 6.92 Å². The van der Waals surface area contributed by atoms with Crippen molar-refractivity contribution in [1.29, 1.82) is 0 Å². The Labute approximate surface area is 169 Å². The molecule has 2 N–H and O–H groups in total. The number of ether oxygens (including phenoxy) is 2. The highest BCUT2D eigenvalue weighted by Gasteiger charge is 2.14. The summed E-state index contributed by atoms with van der Waals surface area (Å²) < 4.78 is 10.8. The summed E-state index contributed by atoms with van der Waals surface area (Å²) in [4.78, 5) is 24.5. The molecule has 0 atom stereocenters. The van der Waals surface area contributed by atoms with E-state index in [2.05, 4.69) is 10.6 Å². The fraction of sp³-hybridized carbons (Fsp3) is 0.238. The normalized spacial score (nSPS) is 10.6. The molecule has 0 aliphatic heterocycles. The summed E-state index contributed by atoms with van der Waals surface area (Å²) in [6, 6.07) is 8.68. The van der Waals surface area contributed by atoms with Crippen LogP contribution >= 0.6 is 11.6 Å². The van der Waals surface area contributed by atoms with Crippen LogP contribution in [0.15, 0.2) is 36.4 Å². The van der Waals surface area contributed by atoms with Crippen LogP contribution in [0.3, 0.4) is 0 Å². The van der Waals surface area contributed by atoms with Crippen LogP contribution < -0.4 is 20.1 Å². The third kappa shape index (κ3) is 5.04. The molecule has 148 valence electrons. The molecule has 0 saturated carbocycles. The molecule has 0 aliphatic carbocycles. The summed E-state index contributed by atoms with van der Waals surface area (Å²) in [5, 5.41) is 5.70. The van der Waals surface area contributed by atoms with Gasteiger partial charge in [0, 0.05) is 13.1 Å². The molecule has 0 aromatic heterocycles. The summed E-state index contributed by atoms with van der Waals surface area (Å²) in [5.74, 6) is 0.305. The second-order valence-electron chi connectivity index (χ2n) is 5.87. The molecule has 2 aromatic rings. The second-order valence-corrected chi connectivity index (χ2v) is 6.27. The zero-order valence-corrected chi connectivity index (χ0v) is 17.0. The van der Waals surface area contributed by atoms with E-state index >= 15 is 0 Å². The number of nitrogens with one attached hydrogen (secondary N) is 2. The van der Waals surface area contributed by atoms with Gasteiger partial charge in [0.25, 0.3) is 5.91 Å². The summed E-state index contributed by atoms with van der Waals surface area (Å²) in [6.45, 7) is 4.12. The minimum absolute atomic E-state index is 0.263. The van der Waals surface area contributed by atoms with Crippen molar-refractivity contribution < 1.29 is 19.1 Å². The number of hydrogen-bond acceptors (Lipinski definition) is 4. The van der Waals surface area contributed by atoms with Gasteiger partial charge in [-0.1, -0.05) is 23.7 Å². The lowest BCUT2D eigenvalue weighted by atomic mass is 10.1. The predicted octanol–water partition coefficient (Wildman–Crippen LogP) is 4.07. The minimum atomic E-state index is -0.374. The first-order valence-corrected chi connectivity index (χ1v) is 9.10. The number of rotatable bonds is 7. The number of halogens is 1. The molecule has 0 fully saturated rings. The quantitative estimate of drug-likeness (QED) is 0.684. The molecule has 2 rings (SSSR count). The van der Waals surface area contributed by atoms with E-state index in [1.165, 1.54) is 13.2 Å². The first-order chi connectivity index (χ1) is 13.4. The number of carbonyl (C=O) groups excluding carboxylic acids is 2. The third-order valence-electron chi connectivity index (χ3n) is 3.95. The van der Waals surface area contributed by atoms with Crippen LogP contribution in [0.1, 0.15) is 28.4 Å². The summed E-state index contributed by atoms with van der Waals surface area (Å²) in [7, 11) is 3.06. The molecule has 0 spiro atoms. The zero-order valence-electron chi connectivity index (χ0n) is 16.3. The summed E-state index contributed by atoms with van der Waals surface area (Å²) in [5.41, 5.74) is 2.32. The van der Waals surface area contributed by atoms with Crippen molar-refractivity contribution in [3.63, 3.8) is 0 Å². The van der Waals surface area contributed by atoms with E-state index in [0.717, 1.165) is 5.56 Å². The van der Waals surface area contributed by atoms with E-state index in [1.807, 2.05) is 19.9 Å². The van der Waals surface area contributed by atoms with Crippen LogP contribution in [-0.2, 0) is 4.79 Å². The van der Waals surface area contributed by atoms with Crippen LogP contribution in [0.5, 0.6) is 11.5 Å². The molecule has 28 heavy (non-hydrogen) atoms. The van der Waals surface area contributed by atoms with E-state index in [-0.39, 0.29) is 11.8 Å². The SMILES string of the molecule is CCOc1cc(/C=C/C(=O)Nc2cccc(C)c2C(=O)NC)cc(Cl)c1OC. The lowest BCUT2D eigenvalue weighted by Gasteiger charge is -2.12. The smallest absolute Gasteiger partial charge is 0.253 e. The molecule has 0 heterocycles. The second kappa shape index (κ2) is 9.80. The molecule has 0 bridgehead atoms. The van der Waals surface area contributed by atoms with Gasteiger partial charge in [-0.3, -0.25) is 9.59 Å². The van der Waals surface area contributed by atoms with Gasteiger partial charge in [0.1, 0.15) is 0 Å². The molecule has 0 unspecified atom stereocenters. The van der Waals surface area contributed by atoms with Crippen molar-refractivity contribution in [3.05, 3.63) is 58.1 Å².